The van der Waals surface area contributed by atoms with Crippen LogP contribution in [0.4, 0.5) is 0 Å². The summed E-state index contributed by atoms with van der Waals surface area (Å²) in [5.41, 5.74) is 0. The third kappa shape index (κ3) is 6.03. The van der Waals surface area contributed by atoms with E-state index in [1.165, 1.54) is 14.2 Å². The van der Waals surface area contributed by atoms with E-state index in [-0.39, 0.29) is 12.5 Å². The molecule has 0 aliphatic heterocycles. The number of methoxy groups -OCH3 is 1. The average Bonchev–Trinajstić information content (AvgIpc) is 2.15. The molecule has 15 heavy (non-hydrogen) atoms. The molecule has 0 aromatic heterocycles. The highest BCUT2D eigenvalue weighted by Gasteiger charge is 2.19. The average molecular weight is 219 g/mol. The molecule has 0 aliphatic carbocycles. The molecular formula is C9H17NO5. The summed E-state index contributed by atoms with van der Waals surface area (Å²) < 4.78 is 9.89. The molecule has 0 bridgehead atoms. The van der Waals surface area contributed by atoms with Crippen LogP contribution in [0.25, 0.3) is 0 Å². The summed E-state index contributed by atoms with van der Waals surface area (Å²) in [4.78, 5) is 22.9. The van der Waals surface area contributed by atoms with Crippen LogP contribution in [0.1, 0.15) is 6.92 Å². The zero-order valence-corrected chi connectivity index (χ0v) is 9.23. The van der Waals surface area contributed by atoms with Gasteiger partial charge in [0.15, 0.2) is 0 Å². The van der Waals surface area contributed by atoms with E-state index in [1.807, 2.05) is 0 Å². The maximum atomic E-state index is 11.5. The van der Waals surface area contributed by atoms with Gasteiger partial charge in [-0.05, 0) is 6.92 Å². The fourth-order valence-electron chi connectivity index (χ4n) is 0.971. The van der Waals surface area contributed by atoms with Crippen molar-refractivity contribution < 1.29 is 24.2 Å². The maximum absolute atomic E-state index is 11.5. The molecule has 0 aliphatic rings. The second-order valence-corrected chi connectivity index (χ2v) is 3.09. The van der Waals surface area contributed by atoms with Gasteiger partial charge < -0.3 is 19.5 Å². The molecule has 0 aromatic carbocycles. The Morgan fingerprint density at radius 2 is 2.00 bits per heavy atom. The van der Waals surface area contributed by atoms with Crippen molar-refractivity contribution in [3.05, 3.63) is 0 Å². The van der Waals surface area contributed by atoms with E-state index < -0.39 is 12.1 Å². The van der Waals surface area contributed by atoms with Crippen LogP contribution in [0.15, 0.2) is 0 Å². The summed E-state index contributed by atoms with van der Waals surface area (Å²) in [6, 6.07) is 0. The van der Waals surface area contributed by atoms with Crippen LogP contribution < -0.4 is 0 Å². The van der Waals surface area contributed by atoms with Crippen molar-refractivity contribution in [2.75, 3.05) is 33.9 Å². The van der Waals surface area contributed by atoms with Gasteiger partial charge in [-0.25, -0.2) is 0 Å². The van der Waals surface area contributed by atoms with E-state index in [4.69, 9.17) is 14.6 Å². The van der Waals surface area contributed by atoms with Crippen LogP contribution in [-0.2, 0) is 19.1 Å². The summed E-state index contributed by atoms with van der Waals surface area (Å²) in [7, 11) is 2.96. The molecule has 6 nitrogen and oxygen atoms in total. The van der Waals surface area contributed by atoms with Crippen molar-refractivity contribution in [1.82, 2.24) is 4.90 Å². The minimum absolute atomic E-state index is 0.310. The number of carbonyl (C=O) groups excluding carboxylic acids is 1. The van der Waals surface area contributed by atoms with Crippen LogP contribution >= 0.6 is 0 Å². The largest absolute Gasteiger partial charge is 0.480 e. The van der Waals surface area contributed by atoms with Gasteiger partial charge in [0.25, 0.3) is 5.91 Å². The Bertz CT molecular complexity index is 219. The molecule has 1 amide bonds. The Morgan fingerprint density at radius 3 is 2.47 bits per heavy atom. The Labute approximate surface area is 88.8 Å². The maximum Gasteiger partial charge on any atom is 0.323 e. The molecule has 1 atom stereocenters. The van der Waals surface area contributed by atoms with E-state index in [9.17, 15) is 9.59 Å². The number of carboxylic acids is 1. The molecule has 6 heteroatoms. The van der Waals surface area contributed by atoms with Gasteiger partial charge in [-0.3, -0.25) is 9.59 Å². The Kier molecular flexibility index (Phi) is 6.64. The second-order valence-electron chi connectivity index (χ2n) is 3.09. The summed E-state index contributed by atoms with van der Waals surface area (Å²) in [5.74, 6) is -1.40. The third-order valence-electron chi connectivity index (χ3n) is 1.75. The molecule has 1 unspecified atom stereocenters. The highest BCUT2D eigenvalue weighted by molar-refractivity contribution is 5.84. The number of aliphatic carboxylic acids is 1. The fraction of sp³-hybridized carbons (Fsp3) is 0.778. The predicted molar refractivity (Wildman–Crippen MR) is 52.6 cm³/mol. The zero-order chi connectivity index (χ0) is 11.8. The van der Waals surface area contributed by atoms with Crippen LogP contribution in [0.2, 0.25) is 0 Å². The summed E-state index contributed by atoms with van der Waals surface area (Å²) in [5, 5.41) is 8.47. The first-order chi connectivity index (χ1) is 6.99. The lowest BCUT2D eigenvalue weighted by atomic mass is 10.3. The number of carboxylic acid groups (broad SMARTS) is 1. The van der Waals surface area contributed by atoms with Crippen molar-refractivity contribution in [3.63, 3.8) is 0 Å². The first kappa shape index (κ1) is 13.9. The number of likely N-dealkylation sites (N-methyl/N-ethyl adjacent to an activating group) is 1. The molecule has 0 saturated carbocycles. The van der Waals surface area contributed by atoms with Gasteiger partial charge in [0.1, 0.15) is 12.6 Å². The van der Waals surface area contributed by atoms with E-state index in [0.717, 1.165) is 4.90 Å². The molecule has 0 spiro atoms. The molecule has 0 radical (unpaired) electrons. The summed E-state index contributed by atoms with van der Waals surface area (Å²) >= 11 is 0. The number of ether oxygens (including phenoxy) is 2. The van der Waals surface area contributed by atoms with Crippen LogP contribution in [-0.4, -0.2) is 61.9 Å². The minimum atomic E-state index is -1.05. The topological polar surface area (TPSA) is 76.1 Å². The smallest absolute Gasteiger partial charge is 0.323 e. The SMILES string of the molecule is COCCOC(C)C(=O)N(C)CC(=O)O. The van der Waals surface area contributed by atoms with Crippen molar-refractivity contribution in [2.24, 2.45) is 0 Å². The lowest BCUT2D eigenvalue weighted by Crippen LogP contribution is -2.39. The first-order valence-electron chi connectivity index (χ1n) is 4.56. The molecule has 0 aromatic rings. The predicted octanol–water partition coefficient (Wildman–Crippen LogP) is -0.419. The van der Waals surface area contributed by atoms with Gasteiger partial charge in [0, 0.05) is 14.2 Å². The zero-order valence-electron chi connectivity index (χ0n) is 9.23. The number of amides is 1. The Morgan fingerprint density at radius 1 is 1.40 bits per heavy atom. The number of carbonyl (C=O) groups is 2. The normalized spacial score (nSPS) is 12.2. The van der Waals surface area contributed by atoms with Crippen molar-refractivity contribution in [3.8, 4) is 0 Å². The Hall–Kier alpha value is -1.14. The van der Waals surface area contributed by atoms with Gasteiger partial charge >= 0.3 is 5.97 Å². The lowest BCUT2D eigenvalue weighted by molar-refractivity contribution is -0.149. The molecule has 0 rings (SSSR count). The molecule has 1 N–H and O–H groups in total. The highest BCUT2D eigenvalue weighted by Crippen LogP contribution is 1.97. The molecule has 0 heterocycles. The van der Waals surface area contributed by atoms with Crippen LogP contribution in [0, 0.1) is 0 Å². The molecule has 0 fully saturated rings. The van der Waals surface area contributed by atoms with Crippen molar-refractivity contribution in [2.45, 2.75) is 13.0 Å². The standard InChI is InChI=1S/C9H17NO5/c1-7(15-5-4-14-3)9(13)10(2)6-8(11)12/h7H,4-6H2,1-3H3,(H,11,12). The lowest BCUT2D eigenvalue weighted by Gasteiger charge is -2.19. The third-order valence-corrected chi connectivity index (χ3v) is 1.75. The summed E-state index contributed by atoms with van der Waals surface area (Å²) in [6.45, 7) is 1.97. The van der Waals surface area contributed by atoms with Gasteiger partial charge in [-0.1, -0.05) is 0 Å². The molecule has 88 valence electrons. The van der Waals surface area contributed by atoms with Crippen molar-refractivity contribution >= 4 is 11.9 Å². The second kappa shape index (κ2) is 7.19. The number of hydrogen-bond donors (Lipinski definition) is 1. The quantitative estimate of drug-likeness (QED) is 0.588. The van der Waals surface area contributed by atoms with Crippen molar-refractivity contribution in [1.29, 1.82) is 0 Å². The number of rotatable bonds is 7. The van der Waals surface area contributed by atoms with Gasteiger partial charge in [-0.2, -0.15) is 0 Å². The van der Waals surface area contributed by atoms with E-state index >= 15 is 0 Å². The number of hydrogen-bond acceptors (Lipinski definition) is 4. The van der Waals surface area contributed by atoms with Gasteiger partial charge in [0.2, 0.25) is 0 Å². The number of nitrogens with zero attached hydrogens (tertiary/aromatic N) is 1. The fourth-order valence-corrected chi connectivity index (χ4v) is 0.971. The Balaban J connectivity index is 3.90. The van der Waals surface area contributed by atoms with Crippen LogP contribution in [0.3, 0.4) is 0 Å². The van der Waals surface area contributed by atoms with Gasteiger partial charge in [0.05, 0.1) is 13.2 Å². The molecule has 0 saturated heterocycles. The van der Waals surface area contributed by atoms with Crippen LogP contribution in [0.5, 0.6) is 0 Å². The highest BCUT2D eigenvalue weighted by atomic mass is 16.5. The van der Waals surface area contributed by atoms with E-state index in [0.29, 0.717) is 13.2 Å². The monoisotopic (exact) mass is 219 g/mol. The van der Waals surface area contributed by atoms with E-state index in [1.54, 1.807) is 6.92 Å². The summed E-state index contributed by atoms with van der Waals surface area (Å²) in [6.07, 6.45) is -0.649. The molecular weight excluding hydrogens is 202 g/mol. The first-order valence-corrected chi connectivity index (χ1v) is 4.56. The minimum Gasteiger partial charge on any atom is -0.480 e. The van der Waals surface area contributed by atoms with Gasteiger partial charge in [-0.15, -0.1) is 0 Å². The van der Waals surface area contributed by atoms with E-state index in [2.05, 4.69) is 0 Å².